The molecule has 0 radical (unpaired) electrons. The quantitative estimate of drug-likeness (QED) is 0.0451. The fourth-order valence-corrected chi connectivity index (χ4v) is 11.0. The first-order valence-corrected chi connectivity index (χ1v) is 28.0. The molecule has 0 aliphatic carbocycles. The van der Waals surface area contributed by atoms with Crippen LogP contribution in [0.15, 0.2) is 127 Å². The lowest BCUT2D eigenvalue weighted by molar-refractivity contribution is -0.170. The van der Waals surface area contributed by atoms with Gasteiger partial charge in [-0.25, -0.2) is 18.0 Å². The second kappa shape index (κ2) is 29.4. The van der Waals surface area contributed by atoms with Crippen molar-refractivity contribution >= 4 is 17.9 Å². The second-order valence-corrected chi connectivity index (χ2v) is 21.2. The molecule has 0 amide bonds. The van der Waals surface area contributed by atoms with Crippen LogP contribution in [0.2, 0.25) is 0 Å². The Morgan fingerprint density at radius 2 is 0.718 bits per heavy atom. The number of hydrogen-bond donors (Lipinski definition) is 7. The average molecular weight is 1180 g/mol. The Labute approximate surface area is 488 Å². The zero-order chi connectivity index (χ0) is 59.7. The molecule has 12 rings (SSSR count). The van der Waals surface area contributed by atoms with E-state index < -0.39 is 36.4 Å². The summed E-state index contributed by atoms with van der Waals surface area (Å²) in [5.74, 6) is 3.34. The van der Waals surface area contributed by atoms with Crippen molar-refractivity contribution in [1.82, 2.24) is 16.0 Å². The Bertz CT molecular complexity index is 2870. The predicted octanol–water partition coefficient (Wildman–Crippen LogP) is 8.73. The molecule has 19 nitrogen and oxygen atoms in total. The average Bonchev–Trinajstić information content (AvgIpc) is 4.39. The van der Waals surface area contributed by atoms with Crippen LogP contribution in [0, 0.1) is 35.2 Å². The minimum Gasteiger partial charge on any atom is -0.493 e. The molecule has 85 heavy (non-hydrogen) atoms. The monoisotopic (exact) mass is 1180 g/mol. The molecule has 6 heterocycles. The fraction of sp³-hybridized carbons (Fsp3) is 0.381. The molecule has 6 aromatic rings. The topological polar surface area (TPSA) is 251 Å². The summed E-state index contributed by atoms with van der Waals surface area (Å²) in [6.07, 6.45) is 0.797. The molecule has 3 saturated heterocycles. The van der Waals surface area contributed by atoms with Crippen LogP contribution in [-0.4, -0.2) is 123 Å². The van der Waals surface area contributed by atoms with E-state index in [0.29, 0.717) is 55.3 Å². The molecule has 3 fully saturated rings. The van der Waals surface area contributed by atoms with Crippen molar-refractivity contribution in [2.45, 2.75) is 55.5 Å². The molecule has 6 aromatic carbocycles. The summed E-state index contributed by atoms with van der Waals surface area (Å²) in [4.78, 5) is 30.5. The zero-order valence-corrected chi connectivity index (χ0v) is 46.4. The molecule has 6 aliphatic heterocycles. The van der Waals surface area contributed by atoms with Crippen molar-refractivity contribution in [3.63, 3.8) is 0 Å². The number of carboxylic acids is 3. The van der Waals surface area contributed by atoms with Crippen LogP contribution < -0.4 is 58.6 Å². The first-order chi connectivity index (χ1) is 41.2. The summed E-state index contributed by atoms with van der Waals surface area (Å²) in [7, 11) is 0. The molecular formula is C63H68F3N3O16. The van der Waals surface area contributed by atoms with E-state index in [1.165, 1.54) is 53.1 Å². The third-order valence-corrected chi connectivity index (χ3v) is 15.4. The van der Waals surface area contributed by atoms with Crippen LogP contribution in [-0.2, 0) is 14.4 Å². The van der Waals surface area contributed by atoms with E-state index in [-0.39, 0.29) is 37.8 Å². The molecule has 452 valence electrons. The van der Waals surface area contributed by atoms with Crippen LogP contribution in [0.3, 0.4) is 0 Å². The Kier molecular flexibility index (Phi) is 21.1. The summed E-state index contributed by atoms with van der Waals surface area (Å²) >= 11 is 0. The van der Waals surface area contributed by atoms with Crippen molar-refractivity contribution in [2.75, 3.05) is 79.5 Å². The number of aliphatic carboxylic acids is 3. The van der Waals surface area contributed by atoms with E-state index >= 15 is 0 Å². The van der Waals surface area contributed by atoms with E-state index in [0.717, 1.165) is 110 Å². The first-order valence-electron chi connectivity index (χ1n) is 28.0. The number of halogens is 3. The number of carbonyl (C=O) groups is 3. The predicted molar refractivity (Wildman–Crippen MR) is 302 cm³/mol. The number of nitrogens with one attached hydrogen (secondary N) is 3. The van der Waals surface area contributed by atoms with Gasteiger partial charge in [0.1, 0.15) is 34.7 Å². The fourth-order valence-electron chi connectivity index (χ4n) is 11.0. The molecule has 22 heteroatoms. The molecule has 0 aromatic heterocycles. The lowest BCUT2D eigenvalue weighted by atomic mass is 9.81. The highest BCUT2D eigenvalue weighted by Gasteiger charge is 2.41. The van der Waals surface area contributed by atoms with Gasteiger partial charge in [-0.1, -0.05) is 36.4 Å². The van der Waals surface area contributed by atoms with Gasteiger partial charge in [0.05, 0.1) is 32.7 Å². The van der Waals surface area contributed by atoms with Gasteiger partial charge in [-0.15, -0.1) is 0 Å². The van der Waals surface area contributed by atoms with Crippen molar-refractivity contribution < 1.29 is 90.6 Å². The number of aliphatic hydroxyl groups is 1. The van der Waals surface area contributed by atoms with Crippen molar-refractivity contribution in [3.8, 4) is 51.7 Å². The van der Waals surface area contributed by atoms with Gasteiger partial charge >= 0.3 is 17.9 Å². The number of benzene rings is 6. The number of hydrogen-bond acceptors (Lipinski definition) is 16. The molecular weight excluding hydrogens is 1110 g/mol. The molecule has 0 spiro atoms. The third-order valence-electron chi connectivity index (χ3n) is 15.4. The van der Waals surface area contributed by atoms with Gasteiger partial charge in [0.25, 0.3) is 0 Å². The molecule has 7 N–H and O–H groups in total. The highest BCUT2D eigenvalue weighted by atomic mass is 19.1. The Balaban J connectivity index is 0.000000139. The van der Waals surface area contributed by atoms with E-state index in [1.807, 2.05) is 91.0 Å². The lowest BCUT2D eigenvalue weighted by Gasteiger charge is -2.32. The third kappa shape index (κ3) is 17.1. The number of fused-ring (bicyclic) bond motifs is 3. The van der Waals surface area contributed by atoms with Crippen molar-refractivity contribution in [1.29, 1.82) is 0 Å². The van der Waals surface area contributed by atoms with Gasteiger partial charge in [0.2, 0.25) is 20.4 Å². The van der Waals surface area contributed by atoms with Crippen LogP contribution in [0.25, 0.3) is 0 Å². The van der Waals surface area contributed by atoms with Crippen LogP contribution in [0.4, 0.5) is 13.2 Å². The Hall–Kier alpha value is -8.44. The zero-order valence-electron chi connectivity index (χ0n) is 46.4. The summed E-state index contributed by atoms with van der Waals surface area (Å²) in [5.41, 5.74) is 0.795. The van der Waals surface area contributed by atoms with E-state index in [9.17, 15) is 27.6 Å². The highest BCUT2D eigenvalue weighted by Crippen LogP contribution is 2.40. The maximum Gasteiger partial charge on any atom is 0.336 e. The van der Waals surface area contributed by atoms with E-state index in [2.05, 4.69) is 16.0 Å². The van der Waals surface area contributed by atoms with Gasteiger partial charge in [-0.3, -0.25) is 9.59 Å². The summed E-state index contributed by atoms with van der Waals surface area (Å²) in [6, 6.07) is 37.4. The SMILES string of the molecule is Fc1ccc([C@@H]2CCNC[C@H]2COc2ccc3c(c2)OCO3)cc1.Fc1ccc([C@@H]2CCNC[C@H]2COc2ccc3c(c2)OCO3)cc1.Fc1ccc([C@@H]2CCNC[C@H]2COc2ccc3c(c2)OCO3)cc1.O=C(O)CC(O)(CC(=O)O)C(=O)O. The maximum absolute atomic E-state index is 13.2. The largest absolute Gasteiger partial charge is 0.493 e. The van der Waals surface area contributed by atoms with Gasteiger partial charge in [-0.2, -0.15) is 0 Å². The molecule has 0 saturated carbocycles. The second-order valence-electron chi connectivity index (χ2n) is 21.2. The van der Waals surface area contributed by atoms with Crippen LogP contribution in [0.5, 0.6) is 51.7 Å². The van der Waals surface area contributed by atoms with Crippen LogP contribution >= 0.6 is 0 Å². The van der Waals surface area contributed by atoms with Crippen molar-refractivity contribution in [2.24, 2.45) is 17.8 Å². The normalized spacial score (nSPS) is 20.6. The Morgan fingerprint density at radius 3 is 0.988 bits per heavy atom. The summed E-state index contributed by atoms with van der Waals surface area (Å²) < 4.78 is 89.6. The molecule has 6 aliphatic rings. The minimum atomic E-state index is -2.74. The lowest BCUT2D eigenvalue weighted by Crippen LogP contribution is -2.42. The molecule has 0 unspecified atom stereocenters. The highest BCUT2D eigenvalue weighted by molar-refractivity contribution is 5.88. The summed E-state index contributed by atoms with van der Waals surface area (Å²) in [5, 5.41) is 44.1. The standard InChI is InChI=1S/3C19H20FNO3.C6H8O7/c3*20-15-3-1-13(2-4-15)17-7-8-21-10-14(17)11-22-16-5-6-18-19(9-16)24-12-23-18;7-3(8)1-6(13,5(11)12)2-4(9)10/h3*1-6,9,14,17,21H,7-8,10-12H2;13H,1-2H2,(H,7,8)(H,9,10)(H,11,12)/t3*14-,17-;/m000./s1. The first kappa shape index (κ1) is 61.1. The molecule has 0 bridgehead atoms. The summed E-state index contributed by atoms with van der Waals surface area (Å²) in [6.45, 7) is 8.21. The maximum atomic E-state index is 13.2. The van der Waals surface area contributed by atoms with Crippen LogP contribution in [0.1, 0.15) is 66.5 Å². The van der Waals surface area contributed by atoms with E-state index in [1.54, 1.807) is 0 Å². The Morgan fingerprint density at radius 1 is 0.435 bits per heavy atom. The van der Waals surface area contributed by atoms with Gasteiger partial charge in [-0.05, 0) is 146 Å². The minimum absolute atomic E-state index is 0.194. The number of ether oxygens (including phenoxy) is 9. The van der Waals surface area contributed by atoms with Crippen molar-refractivity contribution in [3.05, 3.63) is 162 Å². The smallest absolute Gasteiger partial charge is 0.336 e. The van der Waals surface area contributed by atoms with Gasteiger partial charge in [0.15, 0.2) is 40.1 Å². The number of rotatable bonds is 17. The van der Waals surface area contributed by atoms with Gasteiger partial charge in [0, 0.05) is 55.6 Å². The number of piperidine rings is 3. The number of carboxylic acid groups (broad SMARTS) is 3. The van der Waals surface area contributed by atoms with Gasteiger partial charge < -0.3 is 79.0 Å². The van der Waals surface area contributed by atoms with E-state index in [4.69, 9.17) is 63.1 Å². The molecule has 6 atom stereocenters.